The quantitative estimate of drug-likeness (QED) is 0.764. The van der Waals surface area contributed by atoms with Gasteiger partial charge in [0.05, 0.1) is 18.6 Å². The summed E-state index contributed by atoms with van der Waals surface area (Å²) in [5.74, 6) is 2.41. The van der Waals surface area contributed by atoms with Crippen LogP contribution in [0.3, 0.4) is 0 Å². The topological polar surface area (TPSA) is 56.6 Å². The number of hydrogen-bond acceptors (Lipinski definition) is 4. The van der Waals surface area contributed by atoms with Crippen molar-refractivity contribution in [3.05, 3.63) is 42.0 Å². The number of amides is 1. The first-order chi connectivity index (χ1) is 13.4. The van der Waals surface area contributed by atoms with Gasteiger partial charge in [0.25, 0.3) is 0 Å². The Morgan fingerprint density at radius 1 is 1.25 bits per heavy atom. The van der Waals surface area contributed by atoms with Crippen LogP contribution in [-0.2, 0) is 24.3 Å². The van der Waals surface area contributed by atoms with Crippen molar-refractivity contribution in [3.63, 3.8) is 0 Å². The zero-order chi connectivity index (χ0) is 19.7. The van der Waals surface area contributed by atoms with Gasteiger partial charge in [-0.2, -0.15) is 0 Å². The van der Waals surface area contributed by atoms with Crippen LogP contribution in [0, 0.1) is 11.3 Å². The Morgan fingerprint density at radius 2 is 2.07 bits per heavy atom. The Balaban J connectivity index is 1.46. The number of piperidine rings is 1. The number of imidazole rings is 1. The number of aromatic nitrogens is 2. The maximum absolute atomic E-state index is 12.6. The largest absolute Gasteiger partial charge is 0.454 e. The van der Waals surface area contributed by atoms with Crippen LogP contribution in [-0.4, -0.2) is 33.7 Å². The molecule has 1 aromatic carbocycles. The number of likely N-dealkylation sites (tertiary alicyclic amines) is 1. The maximum atomic E-state index is 12.6. The molecule has 0 bridgehead atoms. The van der Waals surface area contributed by atoms with E-state index in [9.17, 15) is 4.79 Å². The van der Waals surface area contributed by atoms with Gasteiger partial charge in [0.1, 0.15) is 0 Å². The van der Waals surface area contributed by atoms with Crippen LogP contribution in [0.2, 0.25) is 0 Å². The molecule has 1 aromatic heterocycles. The van der Waals surface area contributed by atoms with Crippen LogP contribution in [0.4, 0.5) is 0 Å². The average molecular weight is 383 g/mol. The highest BCUT2D eigenvalue weighted by Gasteiger charge is 2.35. The minimum absolute atomic E-state index is 0.0461. The van der Waals surface area contributed by atoms with Crippen molar-refractivity contribution in [2.24, 2.45) is 11.3 Å². The van der Waals surface area contributed by atoms with Gasteiger partial charge < -0.3 is 18.9 Å². The Kier molecular flexibility index (Phi) is 5.04. The first-order valence-electron chi connectivity index (χ1n) is 10.1. The number of fused-ring (bicyclic) bond motifs is 1. The molecule has 0 aliphatic carbocycles. The summed E-state index contributed by atoms with van der Waals surface area (Å²) in [6.07, 6.45) is 6.18. The number of nitrogens with zero attached hydrogens (tertiary/aromatic N) is 3. The molecule has 4 rings (SSSR count). The van der Waals surface area contributed by atoms with Gasteiger partial charge in [-0.15, -0.1) is 0 Å². The third-order valence-corrected chi connectivity index (χ3v) is 5.65. The molecule has 28 heavy (non-hydrogen) atoms. The van der Waals surface area contributed by atoms with Crippen molar-refractivity contribution >= 4 is 5.91 Å². The fourth-order valence-electron chi connectivity index (χ4n) is 4.26. The molecule has 150 valence electrons. The fourth-order valence-corrected chi connectivity index (χ4v) is 4.26. The lowest BCUT2D eigenvalue weighted by molar-refractivity contribution is -0.138. The summed E-state index contributed by atoms with van der Waals surface area (Å²) in [5.41, 5.74) is 2.38. The first-order valence-corrected chi connectivity index (χ1v) is 10.1. The molecule has 0 N–H and O–H groups in total. The summed E-state index contributed by atoms with van der Waals surface area (Å²) >= 11 is 0. The van der Waals surface area contributed by atoms with Gasteiger partial charge in [0, 0.05) is 25.7 Å². The highest BCUT2D eigenvalue weighted by Crippen LogP contribution is 2.38. The molecule has 1 atom stereocenters. The predicted molar refractivity (Wildman–Crippen MR) is 106 cm³/mol. The molecule has 0 spiro atoms. The smallest absolute Gasteiger partial charge is 0.231 e. The van der Waals surface area contributed by atoms with E-state index < -0.39 is 0 Å². The molecule has 3 heterocycles. The average Bonchev–Trinajstić information content (AvgIpc) is 3.27. The molecule has 2 aromatic rings. The van der Waals surface area contributed by atoms with Gasteiger partial charge >= 0.3 is 0 Å². The third-order valence-electron chi connectivity index (χ3n) is 5.65. The van der Waals surface area contributed by atoms with E-state index in [2.05, 4.69) is 42.5 Å². The second-order valence-electron chi connectivity index (χ2n) is 8.86. The van der Waals surface area contributed by atoms with E-state index >= 15 is 0 Å². The molecule has 6 nitrogen and oxygen atoms in total. The number of benzene rings is 1. The lowest BCUT2D eigenvalue weighted by Crippen LogP contribution is -2.46. The van der Waals surface area contributed by atoms with Crippen LogP contribution in [0.15, 0.2) is 30.7 Å². The Hall–Kier alpha value is -2.50. The Morgan fingerprint density at radius 3 is 2.89 bits per heavy atom. The molecular formula is C22H29N3O3. The molecule has 2 aliphatic heterocycles. The molecule has 0 radical (unpaired) electrons. The summed E-state index contributed by atoms with van der Waals surface area (Å²) in [6.45, 7) is 9.27. The fraction of sp³-hybridized carbons (Fsp3) is 0.545. The van der Waals surface area contributed by atoms with E-state index in [1.54, 1.807) is 0 Å². The predicted octanol–water partition coefficient (Wildman–Crippen LogP) is 3.64. The highest BCUT2D eigenvalue weighted by atomic mass is 16.7. The van der Waals surface area contributed by atoms with E-state index in [4.69, 9.17) is 9.47 Å². The summed E-state index contributed by atoms with van der Waals surface area (Å²) in [4.78, 5) is 18.9. The zero-order valence-electron chi connectivity index (χ0n) is 17.0. The normalized spacial score (nSPS) is 21.6. The summed E-state index contributed by atoms with van der Waals surface area (Å²) in [7, 11) is 0. The molecule has 1 amide bonds. The van der Waals surface area contributed by atoms with E-state index in [0.29, 0.717) is 25.7 Å². The molecule has 6 heteroatoms. The maximum Gasteiger partial charge on any atom is 0.231 e. The van der Waals surface area contributed by atoms with Crippen molar-refractivity contribution in [2.45, 2.75) is 53.1 Å². The first kappa shape index (κ1) is 18.8. The van der Waals surface area contributed by atoms with Gasteiger partial charge in [0.15, 0.2) is 11.5 Å². The molecule has 0 saturated carbocycles. The van der Waals surface area contributed by atoms with E-state index in [0.717, 1.165) is 43.1 Å². The minimum atomic E-state index is 0.0461. The number of carbonyl (C=O) groups excluding carboxylic acids is 1. The van der Waals surface area contributed by atoms with Gasteiger partial charge in [-0.3, -0.25) is 4.79 Å². The van der Waals surface area contributed by atoms with Gasteiger partial charge in [-0.25, -0.2) is 4.98 Å². The molecule has 1 fully saturated rings. The van der Waals surface area contributed by atoms with Crippen LogP contribution in [0.5, 0.6) is 11.5 Å². The lowest BCUT2D eigenvalue weighted by Gasteiger charge is -2.40. The minimum Gasteiger partial charge on any atom is -0.454 e. The third kappa shape index (κ3) is 4.01. The van der Waals surface area contributed by atoms with Crippen molar-refractivity contribution < 1.29 is 14.3 Å². The standard InChI is InChI=1S/C22H29N3O3/c1-16(2)11-25-14-23-10-18(25)12-24-13-22(3,7-6-21(24)26)9-17-4-5-19-20(8-17)28-15-27-19/h4-5,8,10,14,16H,6-7,9,11-13,15H2,1-3H3. The second kappa shape index (κ2) is 7.49. The molecule has 1 saturated heterocycles. The summed E-state index contributed by atoms with van der Waals surface area (Å²) in [5, 5.41) is 0. The van der Waals surface area contributed by atoms with Crippen LogP contribution < -0.4 is 9.47 Å². The number of carbonyl (C=O) groups is 1. The number of rotatable bonds is 6. The van der Waals surface area contributed by atoms with Gasteiger partial charge in [-0.1, -0.05) is 26.8 Å². The number of ether oxygens (including phenoxy) is 2. The van der Waals surface area contributed by atoms with E-state index in [1.807, 2.05) is 23.5 Å². The highest BCUT2D eigenvalue weighted by molar-refractivity contribution is 5.77. The molecular weight excluding hydrogens is 354 g/mol. The number of hydrogen-bond donors (Lipinski definition) is 0. The Labute approximate surface area is 166 Å². The molecule has 1 unspecified atom stereocenters. The lowest BCUT2D eigenvalue weighted by atomic mass is 9.76. The van der Waals surface area contributed by atoms with Crippen molar-refractivity contribution in [3.8, 4) is 11.5 Å². The van der Waals surface area contributed by atoms with Crippen molar-refractivity contribution in [1.29, 1.82) is 0 Å². The van der Waals surface area contributed by atoms with Crippen LogP contribution in [0.25, 0.3) is 0 Å². The summed E-state index contributed by atoms with van der Waals surface area (Å²) in [6, 6.07) is 6.17. The van der Waals surface area contributed by atoms with Crippen molar-refractivity contribution in [1.82, 2.24) is 14.5 Å². The van der Waals surface area contributed by atoms with E-state index in [-0.39, 0.29) is 11.3 Å². The summed E-state index contributed by atoms with van der Waals surface area (Å²) < 4.78 is 13.1. The van der Waals surface area contributed by atoms with Gasteiger partial charge in [-0.05, 0) is 41.9 Å². The molecule has 2 aliphatic rings. The SMILES string of the molecule is CC(C)Cn1cncc1CN1CC(C)(Cc2ccc3c(c2)OCO3)CCC1=O. The van der Waals surface area contributed by atoms with Crippen molar-refractivity contribution in [2.75, 3.05) is 13.3 Å². The van der Waals surface area contributed by atoms with Crippen LogP contribution in [0.1, 0.15) is 44.9 Å². The monoisotopic (exact) mass is 383 g/mol. The van der Waals surface area contributed by atoms with Gasteiger partial charge in [0.2, 0.25) is 12.7 Å². The van der Waals surface area contributed by atoms with E-state index in [1.165, 1.54) is 5.56 Å². The van der Waals surface area contributed by atoms with Crippen LogP contribution >= 0.6 is 0 Å². The second-order valence-corrected chi connectivity index (χ2v) is 8.86. The zero-order valence-corrected chi connectivity index (χ0v) is 17.0. The Bertz CT molecular complexity index is 860.